The molecule has 0 saturated heterocycles. The lowest BCUT2D eigenvalue weighted by Gasteiger charge is -2.03. The van der Waals surface area contributed by atoms with E-state index in [-0.39, 0.29) is 10.8 Å². The van der Waals surface area contributed by atoms with Gasteiger partial charge in [0.2, 0.25) is 0 Å². The quantitative estimate of drug-likeness (QED) is 0.866. The van der Waals surface area contributed by atoms with E-state index in [1.165, 1.54) is 12.1 Å². The third-order valence-corrected chi connectivity index (χ3v) is 3.13. The zero-order valence-corrected chi connectivity index (χ0v) is 10.7. The van der Waals surface area contributed by atoms with E-state index in [0.717, 1.165) is 12.0 Å². The lowest BCUT2D eigenvalue weighted by atomic mass is 10.2. The van der Waals surface area contributed by atoms with Gasteiger partial charge in [-0.1, -0.05) is 29.8 Å². The number of aromatic hydroxyl groups is 1. The maximum atomic E-state index is 11.6. The Morgan fingerprint density at radius 2 is 1.89 bits per heavy atom. The highest BCUT2D eigenvalue weighted by molar-refractivity contribution is 7.95. The topological polar surface area (TPSA) is 46.5 Å². The van der Waals surface area contributed by atoms with Crippen molar-refractivity contribution in [2.24, 2.45) is 0 Å². The van der Waals surface area contributed by atoms with Crippen LogP contribution in [0.1, 0.15) is 10.4 Å². The molecule has 1 N–H and O–H groups in total. The van der Waals surface area contributed by atoms with Gasteiger partial charge >= 0.3 is 5.97 Å². The third kappa shape index (κ3) is 3.18. The lowest BCUT2D eigenvalue weighted by Crippen LogP contribution is -1.98. The summed E-state index contributed by atoms with van der Waals surface area (Å²) in [5.41, 5.74) is 0.481. The summed E-state index contributed by atoms with van der Waals surface area (Å²) in [4.78, 5) is 12.3. The van der Waals surface area contributed by atoms with Crippen LogP contribution in [0, 0.1) is 0 Å². The number of benzene rings is 2. The number of phenols is 1. The van der Waals surface area contributed by atoms with Crippen LogP contribution in [-0.4, -0.2) is 11.1 Å². The molecule has 0 atom stereocenters. The number of hydrogen-bond donors (Lipinski definition) is 1. The molecule has 2 aromatic rings. The van der Waals surface area contributed by atoms with E-state index in [1.807, 2.05) is 6.07 Å². The number of halogens is 1. The molecule has 0 amide bonds. The molecule has 0 heterocycles. The molecule has 0 saturated carbocycles. The molecule has 0 unspecified atom stereocenters. The van der Waals surface area contributed by atoms with E-state index in [2.05, 4.69) is 0 Å². The lowest BCUT2D eigenvalue weighted by molar-refractivity contribution is 0.0768. The van der Waals surface area contributed by atoms with Gasteiger partial charge in [0.05, 0.1) is 22.6 Å². The molecule has 3 nitrogen and oxygen atoms in total. The summed E-state index contributed by atoms with van der Waals surface area (Å²) in [6, 6.07) is 13.3. The summed E-state index contributed by atoms with van der Waals surface area (Å²) in [5.74, 6) is -0.430. The fraction of sp³-hybridized carbons (Fsp3) is 0. The van der Waals surface area contributed by atoms with Crippen LogP contribution in [-0.2, 0) is 4.18 Å². The van der Waals surface area contributed by atoms with Gasteiger partial charge in [-0.25, -0.2) is 4.79 Å². The highest BCUT2D eigenvalue weighted by Gasteiger charge is 2.08. The van der Waals surface area contributed by atoms with Gasteiger partial charge in [-0.3, -0.25) is 0 Å². The van der Waals surface area contributed by atoms with E-state index in [0.29, 0.717) is 10.5 Å². The second kappa shape index (κ2) is 5.80. The second-order valence-electron chi connectivity index (χ2n) is 3.43. The Bertz CT molecular complexity index is 557. The maximum Gasteiger partial charge on any atom is 0.350 e. The Hall–Kier alpha value is -1.65. The van der Waals surface area contributed by atoms with Crippen LogP contribution in [0.5, 0.6) is 5.75 Å². The van der Waals surface area contributed by atoms with E-state index >= 15 is 0 Å². The molecule has 0 bridgehead atoms. The van der Waals surface area contributed by atoms with Gasteiger partial charge < -0.3 is 9.29 Å². The normalized spacial score (nSPS) is 10.1. The SMILES string of the molecule is O=C(OSc1ccc(O)c(Cl)c1)c1ccccc1. The number of phenolic OH excluding ortho intramolecular Hbond substituents is 1. The summed E-state index contributed by atoms with van der Waals surface area (Å²) in [6.07, 6.45) is 0. The first-order valence-electron chi connectivity index (χ1n) is 5.09. The molecule has 0 aliphatic heterocycles. The molecule has 0 aliphatic rings. The Kier molecular flexibility index (Phi) is 4.12. The van der Waals surface area contributed by atoms with Crippen LogP contribution >= 0.6 is 23.6 Å². The fourth-order valence-electron chi connectivity index (χ4n) is 1.25. The predicted molar refractivity (Wildman–Crippen MR) is 70.8 cm³/mol. The first-order chi connectivity index (χ1) is 8.66. The van der Waals surface area contributed by atoms with Crippen molar-refractivity contribution in [3.63, 3.8) is 0 Å². The van der Waals surface area contributed by atoms with Gasteiger partial charge in [0.1, 0.15) is 5.75 Å². The minimum absolute atomic E-state index is 0.00426. The minimum Gasteiger partial charge on any atom is -0.506 e. The molecular formula is C13H9ClO3S. The van der Waals surface area contributed by atoms with Crippen molar-refractivity contribution in [3.05, 3.63) is 59.1 Å². The van der Waals surface area contributed by atoms with Crippen molar-refractivity contribution in [1.29, 1.82) is 0 Å². The Labute approximate surface area is 114 Å². The van der Waals surface area contributed by atoms with Crippen molar-refractivity contribution in [2.45, 2.75) is 4.90 Å². The van der Waals surface area contributed by atoms with Crippen LogP contribution in [0.2, 0.25) is 5.02 Å². The number of carbonyl (C=O) groups excluding carboxylic acids is 1. The van der Waals surface area contributed by atoms with Crippen LogP contribution in [0.15, 0.2) is 53.4 Å². The highest BCUT2D eigenvalue weighted by atomic mass is 35.5. The van der Waals surface area contributed by atoms with Crippen molar-refractivity contribution >= 4 is 29.6 Å². The fourth-order valence-corrected chi connectivity index (χ4v) is 2.05. The summed E-state index contributed by atoms with van der Waals surface area (Å²) in [5, 5.41) is 9.47. The zero-order chi connectivity index (χ0) is 13.0. The average molecular weight is 281 g/mol. The molecule has 92 valence electrons. The molecule has 5 heteroatoms. The maximum absolute atomic E-state index is 11.6. The molecule has 0 radical (unpaired) electrons. The number of rotatable bonds is 3. The molecule has 0 aliphatic carbocycles. The van der Waals surface area contributed by atoms with Crippen LogP contribution in [0.3, 0.4) is 0 Å². The monoisotopic (exact) mass is 280 g/mol. The number of hydrogen-bond acceptors (Lipinski definition) is 4. The highest BCUT2D eigenvalue weighted by Crippen LogP contribution is 2.29. The van der Waals surface area contributed by atoms with Crippen molar-refractivity contribution < 1.29 is 14.1 Å². The summed E-state index contributed by atoms with van der Waals surface area (Å²) in [7, 11) is 0. The first-order valence-corrected chi connectivity index (χ1v) is 6.21. The van der Waals surface area contributed by atoms with Gasteiger partial charge in [0.25, 0.3) is 0 Å². The molecule has 0 spiro atoms. The van der Waals surface area contributed by atoms with Crippen LogP contribution in [0.4, 0.5) is 0 Å². The Morgan fingerprint density at radius 1 is 1.17 bits per heavy atom. The first kappa shape index (κ1) is 12.8. The van der Waals surface area contributed by atoms with Crippen LogP contribution in [0.25, 0.3) is 0 Å². The van der Waals surface area contributed by atoms with E-state index < -0.39 is 5.97 Å². The smallest absolute Gasteiger partial charge is 0.350 e. The van der Waals surface area contributed by atoms with Gasteiger partial charge in [0.15, 0.2) is 0 Å². The zero-order valence-electron chi connectivity index (χ0n) is 9.17. The van der Waals surface area contributed by atoms with Gasteiger partial charge in [0, 0.05) is 4.90 Å². The largest absolute Gasteiger partial charge is 0.506 e. The van der Waals surface area contributed by atoms with Crippen molar-refractivity contribution in [1.82, 2.24) is 0 Å². The molecule has 2 aromatic carbocycles. The third-order valence-electron chi connectivity index (χ3n) is 2.14. The predicted octanol–water partition coefficient (Wildman–Crippen LogP) is 3.91. The Balaban J connectivity index is 1.99. The van der Waals surface area contributed by atoms with Gasteiger partial charge in [-0.05, 0) is 30.3 Å². The Morgan fingerprint density at radius 3 is 2.56 bits per heavy atom. The summed E-state index contributed by atoms with van der Waals surface area (Å²) < 4.78 is 5.05. The summed E-state index contributed by atoms with van der Waals surface area (Å²) in [6.45, 7) is 0. The molecular weight excluding hydrogens is 272 g/mol. The van der Waals surface area contributed by atoms with Crippen molar-refractivity contribution in [2.75, 3.05) is 0 Å². The second-order valence-corrected chi connectivity index (χ2v) is 4.65. The number of carbonyl (C=O) groups is 1. The van der Waals surface area contributed by atoms with Crippen LogP contribution < -0.4 is 0 Å². The summed E-state index contributed by atoms with van der Waals surface area (Å²) >= 11 is 6.64. The average Bonchev–Trinajstić information content (AvgIpc) is 2.41. The standard InChI is InChI=1S/C13H9ClO3S/c14-11-8-10(6-7-12(11)15)18-17-13(16)9-4-2-1-3-5-9/h1-8,15H. The van der Waals surface area contributed by atoms with Crippen molar-refractivity contribution in [3.8, 4) is 5.75 Å². The van der Waals surface area contributed by atoms with E-state index in [1.54, 1.807) is 30.3 Å². The van der Waals surface area contributed by atoms with E-state index in [9.17, 15) is 9.90 Å². The molecule has 0 aromatic heterocycles. The molecule has 18 heavy (non-hydrogen) atoms. The minimum atomic E-state index is -0.426. The van der Waals surface area contributed by atoms with Gasteiger partial charge in [-0.2, -0.15) is 0 Å². The van der Waals surface area contributed by atoms with E-state index in [4.69, 9.17) is 15.8 Å². The molecule has 0 fully saturated rings. The molecule has 2 rings (SSSR count). The van der Waals surface area contributed by atoms with Gasteiger partial charge in [-0.15, -0.1) is 0 Å².